The van der Waals surface area contributed by atoms with Gasteiger partial charge in [0, 0.05) is 0 Å². The molecule has 0 aliphatic heterocycles. The molecule has 0 unspecified atom stereocenters. The maximum atomic E-state index is 10.3. The lowest BCUT2D eigenvalue weighted by molar-refractivity contribution is 0.407. The minimum absolute atomic E-state index is 0.237. The third-order valence-electron chi connectivity index (χ3n) is 3.83. The van der Waals surface area contributed by atoms with Gasteiger partial charge in [-0.05, 0) is 24.3 Å². The van der Waals surface area contributed by atoms with E-state index in [9.17, 15) is 10.2 Å². The van der Waals surface area contributed by atoms with Gasteiger partial charge in [-0.1, -0.05) is 24.3 Å². The number of fused-ring (bicyclic) bond motifs is 2. The largest absolute Gasteiger partial charge is 0.503 e. The van der Waals surface area contributed by atoms with Gasteiger partial charge < -0.3 is 19.0 Å². The van der Waals surface area contributed by atoms with Crippen LogP contribution in [0.3, 0.4) is 0 Å². The maximum Gasteiger partial charge on any atom is 0.241 e. The maximum absolute atomic E-state index is 10.3. The van der Waals surface area contributed by atoms with E-state index in [2.05, 4.69) is 9.97 Å². The lowest BCUT2D eigenvalue weighted by Gasteiger charge is -1.91. The van der Waals surface area contributed by atoms with Gasteiger partial charge in [-0.2, -0.15) is 0 Å². The molecule has 3 heterocycles. The molecule has 0 spiro atoms. The molecule has 0 aliphatic carbocycles. The first-order chi connectivity index (χ1) is 12.2. The van der Waals surface area contributed by atoms with Gasteiger partial charge in [-0.25, -0.2) is 9.97 Å². The van der Waals surface area contributed by atoms with Crippen molar-refractivity contribution in [3.63, 3.8) is 0 Å². The second-order valence-corrected chi connectivity index (χ2v) is 6.45. The van der Waals surface area contributed by atoms with Gasteiger partial charge in [0.15, 0.2) is 22.7 Å². The predicted molar refractivity (Wildman–Crippen MR) is 93.7 cm³/mol. The van der Waals surface area contributed by atoms with Crippen LogP contribution in [0.5, 0.6) is 11.5 Å². The Morgan fingerprint density at radius 1 is 0.680 bits per heavy atom. The van der Waals surface area contributed by atoms with Gasteiger partial charge in [0.1, 0.15) is 20.8 Å². The van der Waals surface area contributed by atoms with Crippen LogP contribution in [0.25, 0.3) is 43.7 Å². The summed E-state index contributed by atoms with van der Waals surface area (Å²) in [5.74, 6) is -0.120. The molecule has 0 saturated heterocycles. The Hall–Kier alpha value is -3.32. The van der Waals surface area contributed by atoms with Gasteiger partial charge in [0.2, 0.25) is 11.8 Å². The number of para-hydroxylation sites is 4. The molecular formula is C18H10N2O4S. The molecule has 2 N–H and O–H groups in total. The van der Waals surface area contributed by atoms with E-state index < -0.39 is 0 Å². The highest BCUT2D eigenvalue weighted by Gasteiger charge is 2.26. The van der Waals surface area contributed by atoms with Crippen LogP contribution in [-0.2, 0) is 0 Å². The summed E-state index contributed by atoms with van der Waals surface area (Å²) >= 11 is 1.11. The van der Waals surface area contributed by atoms with Crippen LogP contribution < -0.4 is 0 Å². The number of thiophene rings is 1. The number of nitrogens with zero attached hydrogens (tertiary/aromatic N) is 2. The summed E-state index contributed by atoms with van der Waals surface area (Å²) in [7, 11) is 0. The van der Waals surface area contributed by atoms with E-state index in [0.717, 1.165) is 11.3 Å². The van der Waals surface area contributed by atoms with Gasteiger partial charge in [0.25, 0.3) is 0 Å². The smallest absolute Gasteiger partial charge is 0.241 e. The molecule has 0 atom stereocenters. The molecule has 0 saturated carbocycles. The molecule has 0 amide bonds. The number of aromatic nitrogens is 2. The van der Waals surface area contributed by atoms with E-state index in [0.29, 0.717) is 32.0 Å². The molecule has 6 nitrogen and oxygen atoms in total. The second kappa shape index (κ2) is 5.09. The van der Waals surface area contributed by atoms with E-state index >= 15 is 0 Å². The summed E-state index contributed by atoms with van der Waals surface area (Å²) in [4.78, 5) is 9.36. The normalized spacial score (nSPS) is 11.5. The van der Waals surface area contributed by atoms with Gasteiger partial charge in [-0.3, -0.25) is 0 Å². The second-order valence-electron chi connectivity index (χ2n) is 5.43. The fourth-order valence-electron chi connectivity index (χ4n) is 2.64. The highest BCUT2D eigenvalue weighted by molar-refractivity contribution is 7.19. The highest BCUT2D eigenvalue weighted by Crippen LogP contribution is 2.51. The lowest BCUT2D eigenvalue weighted by atomic mass is 10.3. The summed E-state index contributed by atoms with van der Waals surface area (Å²) < 4.78 is 11.4. The summed E-state index contributed by atoms with van der Waals surface area (Å²) in [6.07, 6.45) is 0. The molecule has 0 bridgehead atoms. The SMILES string of the molecule is Oc1c(-c2nc3ccccc3o2)sc(-c2nc3ccccc3o2)c1O. The molecule has 2 aromatic carbocycles. The van der Waals surface area contributed by atoms with Crippen molar-refractivity contribution in [2.75, 3.05) is 0 Å². The van der Waals surface area contributed by atoms with E-state index in [1.165, 1.54) is 0 Å². The fourth-order valence-corrected chi connectivity index (χ4v) is 3.58. The van der Waals surface area contributed by atoms with Crippen LogP contribution in [-0.4, -0.2) is 20.2 Å². The number of rotatable bonds is 2. The summed E-state index contributed by atoms with van der Waals surface area (Å²) in [5.41, 5.74) is 2.56. The Morgan fingerprint density at radius 2 is 1.12 bits per heavy atom. The molecule has 5 aromatic rings. The zero-order valence-electron chi connectivity index (χ0n) is 12.6. The molecule has 0 fully saturated rings. The first-order valence-electron chi connectivity index (χ1n) is 7.47. The lowest BCUT2D eigenvalue weighted by Crippen LogP contribution is -1.71. The first kappa shape index (κ1) is 14.1. The van der Waals surface area contributed by atoms with Crippen LogP contribution in [0.2, 0.25) is 0 Å². The molecule has 3 aromatic heterocycles. The Kier molecular flexibility index (Phi) is 2.86. The van der Waals surface area contributed by atoms with Gasteiger partial charge in [0.05, 0.1) is 0 Å². The Bertz CT molecular complexity index is 1070. The molecule has 7 heteroatoms. The summed E-state index contributed by atoms with van der Waals surface area (Å²) in [5, 5.41) is 20.6. The van der Waals surface area contributed by atoms with Crippen molar-refractivity contribution in [2.45, 2.75) is 0 Å². The van der Waals surface area contributed by atoms with E-state index in [1.807, 2.05) is 36.4 Å². The third-order valence-corrected chi connectivity index (χ3v) is 4.98. The number of oxazole rings is 2. The topological polar surface area (TPSA) is 92.5 Å². The average Bonchev–Trinajstić information content (AvgIpc) is 3.31. The standard InChI is InChI=1S/C18H10N2O4S/c21-13-14(22)16(18-20-10-6-2-4-8-12(10)24-18)25-15(13)17-19-9-5-1-3-7-11(9)23-17/h1-8,21-22H. The quantitative estimate of drug-likeness (QED) is 0.476. The monoisotopic (exact) mass is 350 g/mol. The Balaban J connectivity index is 1.68. The highest BCUT2D eigenvalue weighted by atomic mass is 32.1. The zero-order valence-corrected chi connectivity index (χ0v) is 13.4. The first-order valence-corrected chi connectivity index (χ1v) is 8.29. The number of benzene rings is 2. The Labute approximate surface area is 144 Å². The van der Waals surface area contributed by atoms with Crippen LogP contribution >= 0.6 is 11.3 Å². The van der Waals surface area contributed by atoms with Crippen molar-refractivity contribution in [2.24, 2.45) is 0 Å². The summed E-state index contributed by atoms with van der Waals surface area (Å²) in [6, 6.07) is 14.6. The molecule has 0 radical (unpaired) electrons. The predicted octanol–water partition coefficient (Wildman–Crippen LogP) is 4.78. The minimum atomic E-state index is -0.297. The van der Waals surface area contributed by atoms with Crippen molar-refractivity contribution in [1.82, 2.24) is 9.97 Å². The Morgan fingerprint density at radius 3 is 1.56 bits per heavy atom. The molecular weight excluding hydrogens is 340 g/mol. The van der Waals surface area contributed by atoms with Crippen molar-refractivity contribution in [3.05, 3.63) is 48.5 Å². The van der Waals surface area contributed by atoms with Gasteiger partial charge in [-0.15, -0.1) is 11.3 Å². The molecule has 0 aliphatic rings. The van der Waals surface area contributed by atoms with E-state index in [4.69, 9.17) is 8.83 Å². The number of hydrogen-bond acceptors (Lipinski definition) is 7. The third kappa shape index (κ3) is 2.10. The van der Waals surface area contributed by atoms with Crippen molar-refractivity contribution in [1.29, 1.82) is 0 Å². The van der Waals surface area contributed by atoms with Crippen molar-refractivity contribution >= 4 is 33.5 Å². The van der Waals surface area contributed by atoms with Crippen LogP contribution in [0, 0.1) is 0 Å². The fraction of sp³-hybridized carbons (Fsp3) is 0. The van der Waals surface area contributed by atoms with Crippen LogP contribution in [0.4, 0.5) is 0 Å². The van der Waals surface area contributed by atoms with E-state index in [-0.39, 0.29) is 23.3 Å². The minimum Gasteiger partial charge on any atom is -0.503 e. The molecule has 5 rings (SSSR count). The molecule has 122 valence electrons. The van der Waals surface area contributed by atoms with E-state index in [1.54, 1.807) is 12.1 Å². The number of aromatic hydroxyl groups is 2. The zero-order chi connectivity index (χ0) is 17.0. The van der Waals surface area contributed by atoms with Gasteiger partial charge >= 0.3 is 0 Å². The van der Waals surface area contributed by atoms with Crippen LogP contribution in [0.15, 0.2) is 57.4 Å². The van der Waals surface area contributed by atoms with Crippen LogP contribution in [0.1, 0.15) is 0 Å². The summed E-state index contributed by atoms with van der Waals surface area (Å²) in [6.45, 7) is 0. The average molecular weight is 350 g/mol. The molecule has 25 heavy (non-hydrogen) atoms. The number of hydrogen-bond donors (Lipinski definition) is 2. The van der Waals surface area contributed by atoms with Crippen molar-refractivity contribution in [3.8, 4) is 33.0 Å². The van der Waals surface area contributed by atoms with Crippen molar-refractivity contribution < 1.29 is 19.0 Å².